The van der Waals surface area contributed by atoms with Crippen molar-refractivity contribution in [2.75, 3.05) is 34.8 Å². The van der Waals surface area contributed by atoms with Crippen molar-refractivity contribution in [1.29, 1.82) is 0 Å². The molecule has 2 fully saturated rings. The lowest BCUT2D eigenvalue weighted by atomic mass is 10.1. The summed E-state index contributed by atoms with van der Waals surface area (Å²) in [5.74, 6) is -0.842. The summed E-state index contributed by atoms with van der Waals surface area (Å²) in [6, 6.07) is 14.9. The summed E-state index contributed by atoms with van der Waals surface area (Å²) in [6.07, 6.45) is 2.60. The fourth-order valence-electron chi connectivity index (χ4n) is 4.09. The number of carbonyl (C=O) groups excluding carboxylic acids is 3. The van der Waals surface area contributed by atoms with Gasteiger partial charge < -0.3 is 15.1 Å². The van der Waals surface area contributed by atoms with Gasteiger partial charge in [-0.3, -0.25) is 14.4 Å². The highest BCUT2D eigenvalue weighted by Gasteiger charge is 2.35. The third kappa shape index (κ3) is 4.01. The molecule has 0 aliphatic carbocycles. The molecular weight excluding hydrogens is 366 g/mol. The van der Waals surface area contributed by atoms with Gasteiger partial charge in [0.25, 0.3) is 0 Å². The Labute approximate surface area is 170 Å². The van der Waals surface area contributed by atoms with Gasteiger partial charge in [0.15, 0.2) is 5.78 Å². The minimum absolute atomic E-state index is 0.0566. The molecule has 0 saturated carbocycles. The SMILES string of the molecule is CC(=O)c1ccccc1NC(=O)C1CC(=O)N(c2ccc(N3CCCC3)cc2)C1. The second-order valence-electron chi connectivity index (χ2n) is 7.71. The van der Waals surface area contributed by atoms with E-state index in [1.54, 1.807) is 29.2 Å². The first-order chi connectivity index (χ1) is 14.0. The summed E-state index contributed by atoms with van der Waals surface area (Å²) in [6.45, 7) is 3.96. The van der Waals surface area contributed by atoms with Crippen LogP contribution in [-0.2, 0) is 9.59 Å². The van der Waals surface area contributed by atoms with Gasteiger partial charge in [0, 0.05) is 43.0 Å². The molecule has 1 N–H and O–H groups in total. The second-order valence-corrected chi connectivity index (χ2v) is 7.71. The molecule has 150 valence electrons. The number of carbonyl (C=O) groups is 3. The minimum Gasteiger partial charge on any atom is -0.372 e. The predicted molar refractivity (Wildman–Crippen MR) is 113 cm³/mol. The highest BCUT2D eigenvalue weighted by molar-refractivity contribution is 6.07. The Morgan fingerprint density at radius 3 is 2.31 bits per heavy atom. The average molecular weight is 391 g/mol. The molecule has 6 nitrogen and oxygen atoms in total. The largest absolute Gasteiger partial charge is 0.372 e. The molecule has 1 unspecified atom stereocenters. The van der Waals surface area contributed by atoms with Gasteiger partial charge in [-0.15, -0.1) is 0 Å². The molecule has 2 aromatic carbocycles. The van der Waals surface area contributed by atoms with E-state index in [-0.39, 0.29) is 24.0 Å². The monoisotopic (exact) mass is 391 g/mol. The van der Waals surface area contributed by atoms with Crippen LogP contribution in [0.15, 0.2) is 48.5 Å². The molecule has 2 heterocycles. The van der Waals surface area contributed by atoms with Crippen LogP contribution in [0.25, 0.3) is 0 Å². The summed E-state index contributed by atoms with van der Waals surface area (Å²) in [5, 5.41) is 2.83. The van der Waals surface area contributed by atoms with E-state index in [9.17, 15) is 14.4 Å². The van der Waals surface area contributed by atoms with Crippen LogP contribution in [0, 0.1) is 5.92 Å². The Morgan fingerprint density at radius 2 is 1.62 bits per heavy atom. The van der Waals surface area contributed by atoms with Crippen LogP contribution in [0.1, 0.15) is 36.5 Å². The van der Waals surface area contributed by atoms with Crippen LogP contribution in [0.3, 0.4) is 0 Å². The van der Waals surface area contributed by atoms with Crippen LogP contribution in [-0.4, -0.2) is 37.2 Å². The van der Waals surface area contributed by atoms with Gasteiger partial charge >= 0.3 is 0 Å². The van der Waals surface area contributed by atoms with Crippen molar-refractivity contribution < 1.29 is 14.4 Å². The van der Waals surface area contributed by atoms with Crippen molar-refractivity contribution in [2.45, 2.75) is 26.2 Å². The lowest BCUT2D eigenvalue weighted by Gasteiger charge is -2.21. The number of nitrogens with zero attached hydrogens (tertiary/aromatic N) is 2. The number of rotatable bonds is 5. The van der Waals surface area contributed by atoms with E-state index < -0.39 is 5.92 Å². The van der Waals surface area contributed by atoms with Crippen LogP contribution in [0.5, 0.6) is 0 Å². The Kier molecular flexibility index (Phi) is 5.34. The van der Waals surface area contributed by atoms with Crippen molar-refractivity contribution in [3.8, 4) is 0 Å². The summed E-state index contributed by atoms with van der Waals surface area (Å²) in [4.78, 5) is 41.1. The van der Waals surface area contributed by atoms with Gasteiger partial charge in [-0.2, -0.15) is 0 Å². The third-order valence-corrected chi connectivity index (χ3v) is 5.69. The molecule has 29 heavy (non-hydrogen) atoms. The number of amides is 2. The molecule has 2 aromatic rings. The van der Waals surface area contributed by atoms with Crippen molar-refractivity contribution in [1.82, 2.24) is 0 Å². The number of hydrogen-bond donors (Lipinski definition) is 1. The zero-order valence-electron chi connectivity index (χ0n) is 16.6. The van der Waals surface area contributed by atoms with Crippen molar-refractivity contribution >= 4 is 34.7 Å². The lowest BCUT2D eigenvalue weighted by molar-refractivity contribution is -0.122. The van der Waals surface area contributed by atoms with Gasteiger partial charge in [0.05, 0.1) is 11.6 Å². The highest BCUT2D eigenvalue weighted by Crippen LogP contribution is 2.29. The van der Waals surface area contributed by atoms with Gasteiger partial charge in [-0.25, -0.2) is 0 Å². The predicted octanol–water partition coefficient (Wildman–Crippen LogP) is 3.48. The minimum atomic E-state index is -0.444. The first-order valence-electron chi connectivity index (χ1n) is 10.1. The van der Waals surface area contributed by atoms with Crippen molar-refractivity contribution in [3.05, 3.63) is 54.1 Å². The summed E-state index contributed by atoms with van der Waals surface area (Å²) in [5.41, 5.74) is 2.95. The second kappa shape index (κ2) is 8.07. The molecular formula is C23H25N3O3. The molecule has 2 saturated heterocycles. The maximum Gasteiger partial charge on any atom is 0.229 e. The molecule has 0 bridgehead atoms. The van der Waals surface area contributed by atoms with Crippen LogP contribution >= 0.6 is 0 Å². The first kappa shape index (κ1) is 19.2. The number of Topliss-reactive ketones (excluding diaryl/α,β-unsaturated/α-hetero) is 1. The fourth-order valence-corrected chi connectivity index (χ4v) is 4.09. The third-order valence-electron chi connectivity index (χ3n) is 5.69. The summed E-state index contributed by atoms with van der Waals surface area (Å²) in [7, 11) is 0. The fraction of sp³-hybridized carbons (Fsp3) is 0.348. The van der Waals surface area contributed by atoms with Gasteiger partial charge in [-0.1, -0.05) is 12.1 Å². The van der Waals surface area contributed by atoms with E-state index in [2.05, 4.69) is 10.2 Å². The standard InChI is InChI=1S/C23H25N3O3/c1-16(27)20-6-2-3-7-21(20)24-23(29)17-14-22(28)26(15-17)19-10-8-18(9-11-19)25-12-4-5-13-25/h2-3,6-11,17H,4-5,12-15H2,1H3,(H,24,29). The van der Waals surface area contributed by atoms with Crippen LogP contribution in [0.2, 0.25) is 0 Å². The molecule has 0 spiro atoms. The highest BCUT2D eigenvalue weighted by atomic mass is 16.2. The van der Waals surface area contributed by atoms with E-state index in [0.717, 1.165) is 18.8 Å². The number of hydrogen-bond acceptors (Lipinski definition) is 4. The maximum atomic E-state index is 12.7. The molecule has 2 amide bonds. The Balaban J connectivity index is 1.44. The lowest BCUT2D eigenvalue weighted by Crippen LogP contribution is -2.28. The zero-order chi connectivity index (χ0) is 20.4. The van der Waals surface area contributed by atoms with Crippen molar-refractivity contribution in [2.24, 2.45) is 5.92 Å². The van der Waals surface area contributed by atoms with Gasteiger partial charge in [0.1, 0.15) is 0 Å². The van der Waals surface area contributed by atoms with E-state index in [4.69, 9.17) is 0 Å². The van der Waals surface area contributed by atoms with E-state index in [1.165, 1.54) is 25.5 Å². The molecule has 0 radical (unpaired) electrons. The summed E-state index contributed by atoms with van der Waals surface area (Å²) >= 11 is 0. The van der Waals surface area contributed by atoms with Crippen LogP contribution in [0.4, 0.5) is 17.1 Å². The topological polar surface area (TPSA) is 69.7 Å². The van der Waals surface area contributed by atoms with Crippen molar-refractivity contribution in [3.63, 3.8) is 0 Å². The molecule has 6 heteroatoms. The Hall–Kier alpha value is -3.15. The normalized spacial score (nSPS) is 18.9. The van der Waals surface area contributed by atoms with Crippen LogP contribution < -0.4 is 15.1 Å². The molecule has 2 aliphatic heterocycles. The average Bonchev–Trinajstić information content (AvgIpc) is 3.38. The van der Waals surface area contributed by atoms with E-state index >= 15 is 0 Å². The van der Waals surface area contributed by atoms with Gasteiger partial charge in [0.2, 0.25) is 11.8 Å². The maximum absolute atomic E-state index is 12.7. The molecule has 1 atom stereocenters. The zero-order valence-corrected chi connectivity index (χ0v) is 16.6. The molecule has 4 rings (SSSR count). The number of para-hydroxylation sites is 1. The number of ketones is 1. The number of benzene rings is 2. The molecule has 0 aromatic heterocycles. The first-order valence-corrected chi connectivity index (χ1v) is 10.1. The summed E-state index contributed by atoms with van der Waals surface area (Å²) < 4.78 is 0. The van der Waals surface area contributed by atoms with E-state index in [0.29, 0.717) is 17.8 Å². The Bertz CT molecular complexity index is 933. The van der Waals surface area contributed by atoms with Gasteiger partial charge in [-0.05, 0) is 56.2 Å². The molecule has 2 aliphatic rings. The smallest absolute Gasteiger partial charge is 0.229 e. The van der Waals surface area contributed by atoms with E-state index in [1.807, 2.05) is 24.3 Å². The number of anilines is 3. The Morgan fingerprint density at radius 1 is 0.966 bits per heavy atom. The number of nitrogens with one attached hydrogen (secondary N) is 1. The quantitative estimate of drug-likeness (QED) is 0.793.